The van der Waals surface area contributed by atoms with E-state index in [-0.39, 0.29) is 0 Å². The fraction of sp³-hybridized carbons (Fsp3) is 0.200. The van der Waals surface area contributed by atoms with Gasteiger partial charge in [-0.1, -0.05) is 30.3 Å². The third-order valence-corrected chi connectivity index (χ3v) is 2.54. The quantitative estimate of drug-likeness (QED) is 0.837. The molecule has 2 aromatic rings. The van der Waals surface area contributed by atoms with Crippen LogP contribution in [-0.2, 0) is 9.59 Å². The first-order valence-corrected chi connectivity index (χ1v) is 6.98. The number of benzene rings is 1. The Bertz CT molecular complexity index is 520. The maximum Gasteiger partial charge on any atom is 0.450 e. The molecular formula is C15H15F3O3S. The van der Waals surface area contributed by atoms with Gasteiger partial charge in [-0.2, -0.15) is 24.5 Å². The van der Waals surface area contributed by atoms with E-state index in [1.54, 1.807) is 35.6 Å². The normalized spacial score (nSPS) is 9.64. The Balaban J connectivity index is 0.000000317. The van der Waals surface area contributed by atoms with Gasteiger partial charge < -0.3 is 5.11 Å². The molecule has 1 aromatic heterocycles. The molecule has 0 bridgehead atoms. The second-order valence-corrected chi connectivity index (χ2v) is 4.74. The van der Waals surface area contributed by atoms with Crippen LogP contribution in [0.15, 0.2) is 53.2 Å². The van der Waals surface area contributed by atoms with Crippen LogP contribution in [0.1, 0.15) is 13.3 Å². The van der Waals surface area contributed by atoms with E-state index in [1.807, 2.05) is 29.0 Å². The van der Waals surface area contributed by atoms with Crippen LogP contribution in [0.3, 0.4) is 0 Å². The van der Waals surface area contributed by atoms with Crippen molar-refractivity contribution in [1.82, 2.24) is 0 Å². The summed E-state index contributed by atoms with van der Waals surface area (Å²) in [5, 5.41) is 12.7. The average molecular weight is 332 g/mol. The van der Waals surface area contributed by atoms with Gasteiger partial charge in [0.1, 0.15) is 11.5 Å². The third-order valence-electron chi connectivity index (χ3n) is 1.91. The molecule has 0 saturated heterocycles. The van der Waals surface area contributed by atoms with Gasteiger partial charge in [0.05, 0.1) is 6.42 Å². The minimum atomic E-state index is -4.87. The number of Topliss-reactive ketones (excluding diaryl/α,β-unsaturated/α-hetero) is 2. The topological polar surface area (TPSA) is 54.4 Å². The lowest BCUT2D eigenvalue weighted by atomic mass is 10.2. The van der Waals surface area contributed by atoms with E-state index in [0.717, 1.165) is 6.92 Å². The lowest BCUT2D eigenvalue weighted by Gasteiger charge is -2.00. The number of carbonyl (C=O) groups is 2. The van der Waals surface area contributed by atoms with Crippen molar-refractivity contribution in [1.29, 1.82) is 0 Å². The van der Waals surface area contributed by atoms with Gasteiger partial charge in [0, 0.05) is 0 Å². The summed E-state index contributed by atoms with van der Waals surface area (Å²) in [6.07, 6.45) is -5.92. The molecule has 2 rings (SSSR count). The summed E-state index contributed by atoms with van der Waals surface area (Å²) in [5.41, 5.74) is 0. The maximum atomic E-state index is 11.3. The Morgan fingerprint density at radius 1 is 1.05 bits per heavy atom. The van der Waals surface area contributed by atoms with Crippen molar-refractivity contribution in [2.24, 2.45) is 0 Å². The number of phenolic OH excluding ortho intramolecular Hbond substituents is 1. The zero-order chi connectivity index (χ0) is 17.0. The van der Waals surface area contributed by atoms with E-state index in [4.69, 9.17) is 5.11 Å². The van der Waals surface area contributed by atoms with Crippen molar-refractivity contribution >= 4 is 22.9 Å². The number of ketones is 2. The van der Waals surface area contributed by atoms with Crippen LogP contribution in [0, 0.1) is 0 Å². The molecule has 1 aromatic carbocycles. The minimum Gasteiger partial charge on any atom is -0.508 e. The predicted octanol–water partition coefficient (Wildman–Crippen LogP) is 4.24. The number of thiophene rings is 1. The lowest BCUT2D eigenvalue weighted by Crippen LogP contribution is -2.24. The minimum absolute atomic E-state index is 0.322. The van der Waals surface area contributed by atoms with Gasteiger partial charge in [0.2, 0.25) is 5.78 Å². The Morgan fingerprint density at radius 2 is 1.55 bits per heavy atom. The summed E-state index contributed by atoms with van der Waals surface area (Å²) >= 11 is 1.71. The molecule has 22 heavy (non-hydrogen) atoms. The largest absolute Gasteiger partial charge is 0.508 e. The Labute approximate surface area is 130 Å². The van der Waals surface area contributed by atoms with Crippen LogP contribution in [0.25, 0.3) is 0 Å². The molecule has 0 spiro atoms. The fourth-order valence-electron chi connectivity index (χ4n) is 0.981. The highest BCUT2D eigenvalue weighted by atomic mass is 32.1. The number of carbonyl (C=O) groups excluding carboxylic acids is 2. The average Bonchev–Trinajstić information content (AvgIpc) is 2.97. The standard InChI is InChI=1S/C6H6O.C5H5F3O2.C4H4S/c7-6-4-2-1-3-5-6;1-3(9)2-4(10)5(6,7)8;1-2-4-5-3-1/h1-5,7H;2H2,1H3;1-4H. The molecule has 0 amide bonds. The molecule has 0 aliphatic rings. The van der Waals surface area contributed by atoms with Gasteiger partial charge in [0.25, 0.3) is 0 Å². The van der Waals surface area contributed by atoms with E-state index in [0.29, 0.717) is 5.75 Å². The van der Waals surface area contributed by atoms with Crippen LogP contribution in [0.4, 0.5) is 13.2 Å². The van der Waals surface area contributed by atoms with Crippen molar-refractivity contribution in [3.8, 4) is 5.75 Å². The van der Waals surface area contributed by atoms with Gasteiger partial charge in [-0.15, -0.1) is 0 Å². The summed E-state index contributed by atoms with van der Waals surface area (Å²) in [4.78, 5) is 19.9. The highest BCUT2D eigenvalue weighted by molar-refractivity contribution is 7.07. The molecule has 0 unspecified atom stereocenters. The summed E-state index contributed by atoms with van der Waals surface area (Å²) < 4.78 is 33.9. The monoisotopic (exact) mass is 332 g/mol. The van der Waals surface area contributed by atoms with Crippen molar-refractivity contribution in [3.63, 3.8) is 0 Å². The summed E-state index contributed by atoms with van der Waals surface area (Å²) in [6.45, 7) is 0.934. The van der Waals surface area contributed by atoms with Crippen LogP contribution in [-0.4, -0.2) is 22.8 Å². The van der Waals surface area contributed by atoms with E-state index < -0.39 is 24.2 Å². The molecule has 0 aliphatic carbocycles. The summed E-state index contributed by atoms with van der Waals surface area (Å²) in [7, 11) is 0. The Morgan fingerprint density at radius 3 is 1.73 bits per heavy atom. The number of rotatable bonds is 2. The number of aromatic hydroxyl groups is 1. The second kappa shape index (κ2) is 10.6. The van der Waals surface area contributed by atoms with Gasteiger partial charge >= 0.3 is 6.18 Å². The number of halogens is 3. The van der Waals surface area contributed by atoms with Crippen LogP contribution in [0.5, 0.6) is 5.75 Å². The molecule has 0 fully saturated rings. The SMILES string of the molecule is CC(=O)CC(=O)C(F)(F)F.Oc1ccccc1.c1ccsc1. The molecule has 0 atom stereocenters. The van der Waals surface area contributed by atoms with Crippen LogP contribution >= 0.6 is 11.3 Å². The first-order valence-electron chi connectivity index (χ1n) is 6.04. The van der Waals surface area contributed by atoms with Crippen molar-refractivity contribution in [2.45, 2.75) is 19.5 Å². The Kier molecular flexibility index (Phi) is 9.53. The summed E-state index contributed by atoms with van der Waals surface area (Å²) in [5.74, 6) is -2.44. The zero-order valence-corrected chi connectivity index (χ0v) is 12.5. The second-order valence-electron chi connectivity index (χ2n) is 3.93. The van der Waals surface area contributed by atoms with E-state index in [9.17, 15) is 22.8 Å². The molecule has 0 radical (unpaired) electrons. The number of alkyl halides is 3. The van der Waals surface area contributed by atoms with Crippen molar-refractivity contribution in [3.05, 3.63) is 53.2 Å². The number of hydrogen-bond donors (Lipinski definition) is 1. The van der Waals surface area contributed by atoms with Gasteiger partial charge in [-0.25, -0.2) is 0 Å². The smallest absolute Gasteiger partial charge is 0.450 e. The van der Waals surface area contributed by atoms with Crippen LogP contribution in [0.2, 0.25) is 0 Å². The van der Waals surface area contributed by atoms with Gasteiger partial charge in [-0.3, -0.25) is 9.59 Å². The van der Waals surface area contributed by atoms with Crippen molar-refractivity contribution in [2.75, 3.05) is 0 Å². The lowest BCUT2D eigenvalue weighted by molar-refractivity contribution is -0.171. The van der Waals surface area contributed by atoms with E-state index in [2.05, 4.69) is 0 Å². The molecule has 3 nitrogen and oxygen atoms in total. The van der Waals surface area contributed by atoms with Gasteiger partial charge in [0.15, 0.2) is 0 Å². The highest BCUT2D eigenvalue weighted by Gasteiger charge is 2.38. The van der Waals surface area contributed by atoms with Crippen molar-refractivity contribution < 1.29 is 27.9 Å². The zero-order valence-electron chi connectivity index (χ0n) is 11.7. The molecular weight excluding hydrogens is 317 g/mol. The molecule has 120 valence electrons. The first-order chi connectivity index (χ1) is 10.2. The maximum absolute atomic E-state index is 11.3. The predicted molar refractivity (Wildman–Crippen MR) is 78.8 cm³/mol. The van der Waals surface area contributed by atoms with E-state index in [1.165, 1.54) is 0 Å². The van der Waals surface area contributed by atoms with Gasteiger partial charge in [-0.05, 0) is 29.8 Å². The fourth-order valence-corrected chi connectivity index (χ4v) is 1.43. The molecule has 7 heteroatoms. The first kappa shape index (κ1) is 19.9. The molecule has 0 saturated carbocycles. The number of phenols is 1. The number of para-hydroxylation sites is 1. The van der Waals surface area contributed by atoms with E-state index >= 15 is 0 Å². The highest BCUT2D eigenvalue weighted by Crippen LogP contribution is 2.17. The molecule has 0 aliphatic heterocycles. The summed E-state index contributed by atoms with van der Waals surface area (Å²) in [6, 6.07) is 12.7. The third kappa shape index (κ3) is 11.7. The molecule has 1 heterocycles. The molecule has 1 N–H and O–H groups in total. The van der Waals surface area contributed by atoms with Crippen LogP contribution < -0.4 is 0 Å². The Hall–Kier alpha value is -2.15. The number of hydrogen-bond acceptors (Lipinski definition) is 4.